The first kappa shape index (κ1) is 18.4. The fourth-order valence-corrected chi connectivity index (χ4v) is 2.52. The summed E-state index contributed by atoms with van der Waals surface area (Å²) >= 11 is 0. The van der Waals surface area contributed by atoms with Gasteiger partial charge in [0, 0.05) is 25.9 Å². The van der Waals surface area contributed by atoms with E-state index in [4.69, 9.17) is 10.5 Å². The Kier molecular flexibility index (Phi) is 5.93. The van der Waals surface area contributed by atoms with Crippen LogP contribution in [0.4, 0.5) is 13.2 Å². The van der Waals surface area contributed by atoms with Crippen LogP contribution in [0.2, 0.25) is 0 Å². The van der Waals surface area contributed by atoms with Crippen LogP contribution in [-0.4, -0.2) is 42.4 Å². The summed E-state index contributed by atoms with van der Waals surface area (Å²) in [7, 11) is 0. The van der Waals surface area contributed by atoms with Crippen molar-refractivity contribution in [2.75, 3.05) is 13.1 Å². The van der Waals surface area contributed by atoms with Gasteiger partial charge in [-0.15, -0.1) is 13.2 Å². The number of rotatable bonds is 5. The van der Waals surface area contributed by atoms with Gasteiger partial charge >= 0.3 is 6.36 Å². The molecule has 2 rings (SSSR count). The van der Waals surface area contributed by atoms with Crippen LogP contribution in [0, 0.1) is 0 Å². The van der Waals surface area contributed by atoms with Crippen LogP contribution in [0.1, 0.15) is 26.2 Å². The predicted molar refractivity (Wildman–Crippen MR) is 81.6 cm³/mol. The number of hydrogen-bond acceptors (Lipinski definition) is 4. The number of carbonyl (C=O) groups is 1. The molecule has 134 valence electrons. The Morgan fingerprint density at radius 2 is 1.79 bits per heavy atom. The molecule has 1 fully saturated rings. The number of nitrogens with zero attached hydrogens (tertiary/aromatic N) is 1. The van der Waals surface area contributed by atoms with E-state index >= 15 is 0 Å². The molecule has 0 bridgehead atoms. The van der Waals surface area contributed by atoms with E-state index in [0.29, 0.717) is 38.1 Å². The van der Waals surface area contributed by atoms with Crippen molar-refractivity contribution in [1.82, 2.24) is 4.90 Å². The molecule has 2 N–H and O–H groups in total. The number of ether oxygens (including phenoxy) is 2. The lowest BCUT2D eigenvalue weighted by Gasteiger charge is -2.33. The highest BCUT2D eigenvalue weighted by molar-refractivity contribution is 5.81. The average Bonchev–Trinajstić information content (AvgIpc) is 2.54. The fourth-order valence-electron chi connectivity index (χ4n) is 2.52. The molecule has 0 unspecified atom stereocenters. The smallest absolute Gasteiger partial charge is 0.490 e. The Morgan fingerprint density at radius 3 is 2.29 bits per heavy atom. The lowest BCUT2D eigenvalue weighted by molar-refractivity contribution is -0.274. The van der Waals surface area contributed by atoms with Crippen molar-refractivity contribution < 1.29 is 27.4 Å². The maximum absolute atomic E-state index is 12.1. The molecule has 1 amide bonds. The highest BCUT2D eigenvalue weighted by Gasteiger charge is 2.31. The van der Waals surface area contributed by atoms with Crippen LogP contribution in [0.5, 0.6) is 11.5 Å². The van der Waals surface area contributed by atoms with Crippen LogP contribution < -0.4 is 15.2 Å². The van der Waals surface area contributed by atoms with Gasteiger partial charge in [0.05, 0.1) is 6.04 Å². The molecule has 1 aliphatic rings. The van der Waals surface area contributed by atoms with E-state index < -0.39 is 12.4 Å². The van der Waals surface area contributed by atoms with Gasteiger partial charge in [-0.1, -0.05) is 6.92 Å². The van der Waals surface area contributed by atoms with Crippen molar-refractivity contribution >= 4 is 5.91 Å². The molecule has 24 heavy (non-hydrogen) atoms. The van der Waals surface area contributed by atoms with Gasteiger partial charge in [-0.2, -0.15) is 0 Å². The van der Waals surface area contributed by atoms with Crippen LogP contribution in [0.25, 0.3) is 0 Å². The number of amides is 1. The molecule has 0 saturated carbocycles. The molecular formula is C16H21F3N2O3. The molecule has 1 aromatic rings. The van der Waals surface area contributed by atoms with Gasteiger partial charge in [-0.05, 0) is 30.7 Å². The number of benzene rings is 1. The quantitative estimate of drug-likeness (QED) is 0.890. The number of likely N-dealkylation sites (tertiary alicyclic amines) is 1. The van der Waals surface area contributed by atoms with Gasteiger partial charge in [0.15, 0.2) is 0 Å². The SMILES string of the molecule is CC[C@H](N)C(=O)N1CCC(Oc2ccc(OC(F)(F)F)cc2)CC1. The summed E-state index contributed by atoms with van der Waals surface area (Å²) in [6.45, 7) is 2.99. The standard InChI is InChI=1S/C16H21F3N2O3/c1-2-14(20)15(22)21-9-7-12(8-10-21)23-11-3-5-13(6-4-11)24-16(17,18)19/h3-6,12,14H,2,7-10,20H2,1H3/t14-/m0/s1. The van der Waals surface area contributed by atoms with Crippen molar-refractivity contribution in [3.05, 3.63) is 24.3 Å². The maximum atomic E-state index is 12.1. The average molecular weight is 346 g/mol. The highest BCUT2D eigenvalue weighted by Crippen LogP contribution is 2.26. The second-order valence-corrected chi connectivity index (χ2v) is 5.68. The summed E-state index contributed by atoms with van der Waals surface area (Å²) in [5.41, 5.74) is 5.75. The van der Waals surface area contributed by atoms with Gasteiger partial charge in [0.1, 0.15) is 17.6 Å². The van der Waals surface area contributed by atoms with E-state index in [1.807, 2.05) is 6.92 Å². The second-order valence-electron chi connectivity index (χ2n) is 5.68. The Balaban J connectivity index is 1.82. The number of hydrogen-bond donors (Lipinski definition) is 1. The summed E-state index contributed by atoms with van der Waals surface area (Å²) in [4.78, 5) is 13.7. The Hall–Kier alpha value is -1.96. The number of carbonyl (C=O) groups excluding carboxylic acids is 1. The summed E-state index contributed by atoms with van der Waals surface area (Å²) < 4.78 is 45.9. The Bertz CT molecular complexity index is 540. The monoisotopic (exact) mass is 346 g/mol. The van der Waals surface area contributed by atoms with Gasteiger partial charge in [-0.25, -0.2) is 0 Å². The molecule has 1 saturated heterocycles. The molecule has 1 aromatic carbocycles. The second kappa shape index (κ2) is 7.74. The zero-order valence-corrected chi connectivity index (χ0v) is 13.4. The number of alkyl halides is 3. The topological polar surface area (TPSA) is 64.8 Å². The summed E-state index contributed by atoms with van der Waals surface area (Å²) in [6, 6.07) is 4.82. The van der Waals surface area contributed by atoms with Crippen LogP contribution in [0.15, 0.2) is 24.3 Å². The number of piperidine rings is 1. The van der Waals surface area contributed by atoms with E-state index in [9.17, 15) is 18.0 Å². The zero-order chi connectivity index (χ0) is 17.7. The molecule has 0 spiro atoms. The molecule has 0 radical (unpaired) electrons. The van der Waals surface area contributed by atoms with Crippen molar-refractivity contribution in [2.24, 2.45) is 5.73 Å². The minimum absolute atomic E-state index is 0.0513. The van der Waals surface area contributed by atoms with E-state index in [2.05, 4.69) is 4.74 Å². The van der Waals surface area contributed by atoms with Gasteiger partial charge in [0.2, 0.25) is 5.91 Å². The van der Waals surface area contributed by atoms with E-state index in [1.165, 1.54) is 24.3 Å². The largest absolute Gasteiger partial charge is 0.573 e. The molecule has 1 heterocycles. The van der Waals surface area contributed by atoms with Crippen LogP contribution >= 0.6 is 0 Å². The van der Waals surface area contributed by atoms with E-state index in [0.717, 1.165) is 0 Å². The van der Waals surface area contributed by atoms with Crippen LogP contribution in [-0.2, 0) is 4.79 Å². The third-order valence-electron chi connectivity index (χ3n) is 3.87. The zero-order valence-electron chi connectivity index (χ0n) is 13.4. The third-order valence-corrected chi connectivity index (χ3v) is 3.87. The molecule has 0 aliphatic carbocycles. The summed E-state index contributed by atoms with van der Waals surface area (Å²) in [6.07, 6.45) is -2.88. The van der Waals surface area contributed by atoms with Crippen LogP contribution in [0.3, 0.4) is 0 Å². The first-order valence-electron chi connectivity index (χ1n) is 7.85. The molecule has 1 aliphatic heterocycles. The summed E-state index contributed by atoms with van der Waals surface area (Å²) in [5.74, 6) is 0.132. The molecule has 1 atom stereocenters. The normalized spacial score (nSPS) is 17.5. The Labute approximate surface area is 138 Å². The van der Waals surface area contributed by atoms with Gasteiger partial charge < -0.3 is 20.1 Å². The third kappa shape index (κ3) is 5.30. The number of halogens is 3. The maximum Gasteiger partial charge on any atom is 0.573 e. The van der Waals surface area contributed by atoms with Crippen molar-refractivity contribution in [3.63, 3.8) is 0 Å². The van der Waals surface area contributed by atoms with Crippen molar-refractivity contribution in [1.29, 1.82) is 0 Å². The number of nitrogens with two attached hydrogens (primary N) is 1. The first-order chi connectivity index (χ1) is 11.3. The van der Waals surface area contributed by atoms with E-state index in [-0.39, 0.29) is 17.8 Å². The minimum atomic E-state index is -4.71. The van der Waals surface area contributed by atoms with Crippen molar-refractivity contribution in [3.8, 4) is 11.5 Å². The van der Waals surface area contributed by atoms with Gasteiger partial charge in [-0.3, -0.25) is 4.79 Å². The first-order valence-corrected chi connectivity index (χ1v) is 7.85. The molecule has 0 aromatic heterocycles. The Morgan fingerprint density at radius 1 is 1.25 bits per heavy atom. The minimum Gasteiger partial charge on any atom is -0.490 e. The molecular weight excluding hydrogens is 325 g/mol. The van der Waals surface area contributed by atoms with Gasteiger partial charge in [0.25, 0.3) is 0 Å². The highest BCUT2D eigenvalue weighted by atomic mass is 19.4. The predicted octanol–water partition coefficient (Wildman–Crippen LogP) is 2.69. The molecule has 8 heteroatoms. The fraction of sp³-hybridized carbons (Fsp3) is 0.562. The van der Waals surface area contributed by atoms with E-state index in [1.54, 1.807) is 4.90 Å². The molecule has 5 nitrogen and oxygen atoms in total. The summed E-state index contributed by atoms with van der Waals surface area (Å²) in [5, 5.41) is 0. The lowest BCUT2D eigenvalue weighted by atomic mass is 10.1. The lowest BCUT2D eigenvalue weighted by Crippen LogP contribution is -2.48. The van der Waals surface area contributed by atoms with Crippen molar-refractivity contribution in [2.45, 2.75) is 44.7 Å².